The van der Waals surface area contributed by atoms with E-state index in [9.17, 15) is 4.79 Å². The molecule has 0 aliphatic carbocycles. The number of pyridine rings is 1. The van der Waals surface area contributed by atoms with Gasteiger partial charge in [0, 0.05) is 18.3 Å². The van der Waals surface area contributed by atoms with Gasteiger partial charge in [0.25, 0.3) is 5.91 Å². The summed E-state index contributed by atoms with van der Waals surface area (Å²) in [5.41, 5.74) is 1.67. The van der Waals surface area contributed by atoms with E-state index in [0.29, 0.717) is 5.56 Å². The maximum absolute atomic E-state index is 12.8. The molecule has 0 bridgehead atoms. The summed E-state index contributed by atoms with van der Waals surface area (Å²) in [7, 11) is 0. The molecule has 1 amide bonds. The van der Waals surface area contributed by atoms with E-state index in [1.807, 2.05) is 61.2 Å². The molecule has 3 rings (SSSR count). The molecule has 4 heteroatoms. The average molecular weight is 310 g/mol. The van der Waals surface area contributed by atoms with Crippen molar-refractivity contribution in [3.05, 3.63) is 59.9 Å². The number of hydrogen-bond donors (Lipinski definition) is 0. The highest BCUT2D eigenvalue weighted by Gasteiger charge is 2.31. The zero-order chi connectivity index (χ0) is 16.2. The Balaban J connectivity index is 1.76. The van der Waals surface area contributed by atoms with Crippen LogP contribution in [-0.2, 0) is 0 Å². The molecule has 1 atom stereocenters. The Morgan fingerprint density at radius 1 is 1.22 bits per heavy atom. The molecule has 1 aromatic carbocycles. The van der Waals surface area contributed by atoms with Crippen LogP contribution in [0.2, 0.25) is 0 Å². The minimum absolute atomic E-state index is 0.0641. The first-order chi connectivity index (χ1) is 11.1. The Labute approximate surface area is 137 Å². The van der Waals surface area contributed by atoms with E-state index < -0.39 is 0 Å². The van der Waals surface area contributed by atoms with Crippen LogP contribution in [0.5, 0.6) is 5.75 Å². The van der Waals surface area contributed by atoms with Gasteiger partial charge in [0.15, 0.2) is 0 Å². The van der Waals surface area contributed by atoms with Crippen LogP contribution in [0.4, 0.5) is 0 Å². The van der Waals surface area contributed by atoms with Crippen LogP contribution in [-0.4, -0.2) is 28.4 Å². The Morgan fingerprint density at radius 3 is 2.65 bits per heavy atom. The van der Waals surface area contributed by atoms with Gasteiger partial charge < -0.3 is 9.64 Å². The minimum Gasteiger partial charge on any atom is -0.491 e. The first-order valence-corrected chi connectivity index (χ1v) is 8.14. The first kappa shape index (κ1) is 15.5. The molecule has 23 heavy (non-hydrogen) atoms. The summed E-state index contributed by atoms with van der Waals surface area (Å²) in [5.74, 6) is 0.855. The number of hydrogen-bond acceptors (Lipinski definition) is 3. The number of likely N-dealkylation sites (tertiary alicyclic amines) is 1. The van der Waals surface area contributed by atoms with Gasteiger partial charge in [0.1, 0.15) is 5.75 Å². The average Bonchev–Trinajstić information content (AvgIpc) is 3.05. The molecule has 2 heterocycles. The van der Waals surface area contributed by atoms with Gasteiger partial charge in [-0.2, -0.15) is 0 Å². The summed E-state index contributed by atoms with van der Waals surface area (Å²) >= 11 is 0. The molecule has 1 saturated heterocycles. The van der Waals surface area contributed by atoms with Crippen LogP contribution in [0.15, 0.2) is 48.7 Å². The zero-order valence-electron chi connectivity index (χ0n) is 13.6. The Kier molecular flexibility index (Phi) is 4.60. The van der Waals surface area contributed by atoms with Crippen molar-refractivity contribution in [1.82, 2.24) is 9.88 Å². The third-order valence-electron chi connectivity index (χ3n) is 4.02. The summed E-state index contributed by atoms with van der Waals surface area (Å²) < 4.78 is 5.63. The van der Waals surface area contributed by atoms with Gasteiger partial charge in [-0.3, -0.25) is 9.78 Å². The third kappa shape index (κ3) is 3.52. The highest BCUT2D eigenvalue weighted by molar-refractivity contribution is 5.94. The van der Waals surface area contributed by atoms with E-state index in [1.54, 1.807) is 6.20 Å². The van der Waals surface area contributed by atoms with E-state index in [1.165, 1.54) is 0 Å². The van der Waals surface area contributed by atoms with Crippen LogP contribution >= 0.6 is 0 Å². The fourth-order valence-corrected chi connectivity index (χ4v) is 3.00. The number of rotatable bonds is 4. The number of carbonyl (C=O) groups excluding carboxylic acids is 1. The van der Waals surface area contributed by atoms with Gasteiger partial charge in [-0.25, -0.2) is 0 Å². The summed E-state index contributed by atoms with van der Waals surface area (Å²) in [4.78, 5) is 19.2. The van der Waals surface area contributed by atoms with Crippen LogP contribution in [0.3, 0.4) is 0 Å². The van der Waals surface area contributed by atoms with E-state index in [0.717, 1.165) is 30.8 Å². The maximum atomic E-state index is 12.8. The van der Waals surface area contributed by atoms with Crippen molar-refractivity contribution in [2.24, 2.45) is 0 Å². The van der Waals surface area contributed by atoms with Crippen molar-refractivity contribution in [1.29, 1.82) is 0 Å². The monoisotopic (exact) mass is 310 g/mol. The molecule has 0 radical (unpaired) electrons. The lowest BCUT2D eigenvalue weighted by atomic mass is 10.1. The molecular formula is C19H22N2O2. The van der Waals surface area contributed by atoms with Crippen LogP contribution in [0, 0.1) is 0 Å². The van der Waals surface area contributed by atoms with Crippen LogP contribution in [0.1, 0.15) is 48.8 Å². The van der Waals surface area contributed by atoms with Gasteiger partial charge >= 0.3 is 0 Å². The predicted molar refractivity (Wildman–Crippen MR) is 89.5 cm³/mol. The van der Waals surface area contributed by atoms with E-state index >= 15 is 0 Å². The molecule has 4 nitrogen and oxygen atoms in total. The fourth-order valence-electron chi connectivity index (χ4n) is 3.00. The molecule has 1 fully saturated rings. The molecular weight excluding hydrogens is 288 g/mol. The molecule has 1 aliphatic heterocycles. The standard InChI is InChI=1S/C19H22N2O2/c1-14(2)23-16-10-8-15(9-11-16)19(22)21-13-5-7-18(21)17-6-3-4-12-20-17/h3-4,6,8-12,14,18H,5,7,13H2,1-2H3. The molecule has 1 aliphatic rings. The van der Waals surface area contributed by atoms with Gasteiger partial charge in [-0.05, 0) is 63.1 Å². The summed E-state index contributed by atoms with van der Waals surface area (Å²) in [6, 6.07) is 13.4. The van der Waals surface area contributed by atoms with Crippen molar-refractivity contribution in [2.75, 3.05) is 6.54 Å². The molecule has 1 aromatic heterocycles. The Bertz CT molecular complexity index is 653. The Morgan fingerprint density at radius 2 is 2.00 bits per heavy atom. The summed E-state index contributed by atoms with van der Waals surface area (Å²) in [6.45, 7) is 4.76. The number of nitrogens with zero attached hydrogens (tertiary/aromatic N) is 2. The second-order valence-corrected chi connectivity index (χ2v) is 6.10. The second-order valence-electron chi connectivity index (χ2n) is 6.10. The SMILES string of the molecule is CC(C)Oc1ccc(C(=O)N2CCCC2c2ccccn2)cc1. The number of benzene rings is 1. The highest BCUT2D eigenvalue weighted by atomic mass is 16.5. The lowest BCUT2D eigenvalue weighted by Crippen LogP contribution is -2.30. The number of amides is 1. The molecule has 2 aromatic rings. The largest absolute Gasteiger partial charge is 0.491 e. The fraction of sp³-hybridized carbons (Fsp3) is 0.368. The maximum Gasteiger partial charge on any atom is 0.254 e. The smallest absolute Gasteiger partial charge is 0.254 e. The van der Waals surface area contributed by atoms with E-state index in [2.05, 4.69) is 4.98 Å². The molecule has 0 saturated carbocycles. The van der Waals surface area contributed by atoms with Gasteiger partial charge in [-0.15, -0.1) is 0 Å². The minimum atomic E-state index is 0.0641. The normalized spacial score (nSPS) is 17.5. The van der Waals surface area contributed by atoms with E-state index in [-0.39, 0.29) is 18.1 Å². The quantitative estimate of drug-likeness (QED) is 0.861. The predicted octanol–water partition coefficient (Wildman–Crippen LogP) is 3.85. The topological polar surface area (TPSA) is 42.4 Å². The summed E-state index contributed by atoms with van der Waals surface area (Å²) in [5, 5.41) is 0. The van der Waals surface area contributed by atoms with Gasteiger partial charge in [-0.1, -0.05) is 6.07 Å². The molecule has 1 unspecified atom stereocenters. The molecule has 0 spiro atoms. The van der Waals surface area contributed by atoms with Crippen molar-refractivity contribution >= 4 is 5.91 Å². The second kappa shape index (κ2) is 6.82. The van der Waals surface area contributed by atoms with Crippen molar-refractivity contribution < 1.29 is 9.53 Å². The van der Waals surface area contributed by atoms with Crippen LogP contribution in [0.25, 0.3) is 0 Å². The highest BCUT2D eigenvalue weighted by Crippen LogP contribution is 2.32. The molecule has 0 N–H and O–H groups in total. The van der Waals surface area contributed by atoms with Gasteiger partial charge in [0.2, 0.25) is 0 Å². The van der Waals surface area contributed by atoms with Crippen molar-refractivity contribution in [2.45, 2.75) is 38.8 Å². The third-order valence-corrected chi connectivity index (χ3v) is 4.02. The lowest BCUT2D eigenvalue weighted by Gasteiger charge is -2.24. The summed E-state index contributed by atoms with van der Waals surface area (Å²) in [6.07, 6.45) is 3.90. The lowest BCUT2D eigenvalue weighted by molar-refractivity contribution is 0.0733. The van der Waals surface area contributed by atoms with E-state index in [4.69, 9.17) is 4.74 Å². The van der Waals surface area contributed by atoms with Crippen molar-refractivity contribution in [3.63, 3.8) is 0 Å². The Hall–Kier alpha value is -2.36. The van der Waals surface area contributed by atoms with Crippen LogP contribution < -0.4 is 4.74 Å². The van der Waals surface area contributed by atoms with Crippen molar-refractivity contribution in [3.8, 4) is 5.75 Å². The van der Waals surface area contributed by atoms with Gasteiger partial charge in [0.05, 0.1) is 17.8 Å². The number of ether oxygens (including phenoxy) is 1. The zero-order valence-corrected chi connectivity index (χ0v) is 13.6. The number of aromatic nitrogens is 1. The first-order valence-electron chi connectivity index (χ1n) is 8.14. The molecule has 120 valence electrons. The number of carbonyl (C=O) groups is 1.